The number of ether oxygens (including phenoxy) is 1. The lowest BCUT2D eigenvalue weighted by Crippen LogP contribution is -2.21. The van der Waals surface area contributed by atoms with Gasteiger partial charge in [0, 0.05) is 28.9 Å². The standard InChI is InChI=1S/C26H20N2O7/c1-15-13-18(28(32)33)11-12-21(15)27-22(29)14-34-26(31)20-10-6-9-19-23(30)16(2)24(35-25(19)20)17-7-4-3-5-8-17/h3-13H,14H2,1-2H3,(H,27,29). The Balaban J connectivity index is 1.56. The molecule has 0 saturated heterocycles. The van der Waals surface area contributed by atoms with Crippen molar-refractivity contribution in [2.45, 2.75) is 13.8 Å². The van der Waals surface area contributed by atoms with Crippen molar-refractivity contribution >= 4 is 34.2 Å². The van der Waals surface area contributed by atoms with E-state index in [2.05, 4.69) is 5.32 Å². The number of hydrogen-bond donors (Lipinski definition) is 1. The van der Waals surface area contributed by atoms with E-state index in [4.69, 9.17) is 9.15 Å². The van der Waals surface area contributed by atoms with Gasteiger partial charge in [-0.1, -0.05) is 36.4 Å². The molecule has 0 unspecified atom stereocenters. The summed E-state index contributed by atoms with van der Waals surface area (Å²) in [6, 6.07) is 17.6. The van der Waals surface area contributed by atoms with Crippen LogP contribution in [0.15, 0.2) is 75.9 Å². The molecule has 0 aliphatic carbocycles. The number of aryl methyl sites for hydroxylation is 1. The molecule has 0 radical (unpaired) electrons. The molecule has 9 nitrogen and oxygen atoms in total. The van der Waals surface area contributed by atoms with E-state index in [1.165, 1.54) is 30.3 Å². The van der Waals surface area contributed by atoms with Gasteiger partial charge < -0.3 is 14.5 Å². The monoisotopic (exact) mass is 472 g/mol. The number of carbonyl (C=O) groups is 2. The molecular weight excluding hydrogens is 452 g/mol. The van der Waals surface area contributed by atoms with Crippen LogP contribution in [0, 0.1) is 24.0 Å². The van der Waals surface area contributed by atoms with Gasteiger partial charge in [-0.05, 0) is 37.6 Å². The van der Waals surface area contributed by atoms with E-state index in [-0.39, 0.29) is 27.6 Å². The Morgan fingerprint density at radius 3 is 2.46 bits per heavy atom. The highest BCUT2D eigenvalue weighted by Gasteiger charge is 2.20. The van der Waals surface area contributed by atoms with Gasteiger partial charge in [0.25, 0.3) is 11.6 Å². The summed E-state index contributed by atoms with van der Waals surface area (Å²) in [4.78, 5) is 48.4. The molecule has 1 amide bonds. The second-order valence-electron chi connectivity index (χ2n) is 7.81. The van der Waals surface area contributed by atoms with Gasteiger partial charge in [-0.25, -0.2) is 4.79 Å². The number of rotatable bonds is 6. The van der Waals surface area contributed by atoms with E-state index in [9.17, 15) is 24.5 Å². The second kappa shape index (κ2) is 9.60. The molecule has 4 aromatic rings. The zero-order valence-corrected chi connectivity index (χ0v) is 18.9. The molecule has 0 spiro atoms. The molecule has 1 heterocycles. The minimum absolute atomic E-state index is 0.0103. The Morgan fingerprint density at radius 2 is 1.77 bits per heavy atom. The zero-order valence-electron chi connectivity index (χ0n) is 18.9. The van der Waals surface area contributed by atoms with E-state index in [0.29, 0.717) is 28.1 Å². The Kier molecular flexibility index (Phi) is 6.41. The lowest BCUT2D eigenvalue weighted by atomic mass is 10.0. The first-order valence-electron chi connectivity index (χ1n) is 10.6. The van der Waals surface area contributed by atoms with Gasteiger partial charge >= 0.3 is 5.97 Å². The molecule has 0 aliphatic rings. The number of nitrogens with zero attached hydrogens (tertiary/aromatic N) is 1. The van der Waals surface area contributed by atoms with Crippen LogP contribution in [0.1, 0.15) is 21.5 Å². The van der Waals surface area contributed by atoms with E-state index >= 15 is 0 Å². The number of fused-ring (bicyclic) bond motifs is 1. The highest BCUT2D eigenvalue weighted by Crippen LogP contribution is 2.27. The van der Waals surface area contributed by atoms with Crippen molar-refractivity contribution in [3.05, 3.63) is 104 Å². The second-order valence-corrected chi connectivity index (χ2v) is 7.81. The summed E-state index contributed by atoms with van der Waals surface area (Å²) >= 11 is 0. The molecule has 0 atom stereocenters. The van der Waals surface area contributed by atoms with E-state index in [0.717, 1.165) is 0 Å². The van der Waals surface area contributed by atoms with Crippen molar-refractivity contribution in [2.75, 3.05) is 11.9 Å². The van der Waals surface area contributed by atoms with Crippen molar-refractivity contribution < 1.29 is 23.7 Å². The van der Waals surface area contributed by atoms with Crippen molar-refractivity contribution in [2.24, 2.45) is 0 Å². The maximum Gasteiger partial charge on any atom is 0.342 e. The fourth-order valence-corrected chi connectivity index (χ4v) is 3.63. The number of non-ortho nitro benzene ring substituents is 1. The number of nitro groups is 1. The van der Waals surface area contributed by atoms with Gasteiger partial charge in [-0.15, -0.1) is 0 Å². The Hall–Kier alpha value is -4.79. The number of para-hydroxylation sites is 1. The summed E-state index contributed by atoms with van der Waals surface area (Å²) < 4.78 is 11.2. The summed E-state index contributed by atoms with van der Waals surface area (Å²) in [6.07, 6.45) is 0. The Labute approximate surface area is 199 Å². The lowest BCUT2D eigenvalue weighted by molar-refractivity contribution is -0.384. The number of carbonyl (C=O) groups excluding carboxylic acids is 2. The van der Waals surface area contributed by atoms with E-state index < -0.39 is 23.4 Å². The summed E-state index contributed by atoms with van der Waals surface area (Å²) in [6.45, 7) is 2.66. The first-order valence-corrected chi connectivity index (χ1v) is 10.6. The average Bonchev–Trinajstić information content (AvgIpc) is 2.86. The van der Waals surface area contributed by atoms with Crippen LogP contribution >= 0.6 is 0 Å². The zero-order chi connectivity index (χ0) is 25.1. The van der Waals surface area contributed by atoms with E-state index in [1.54, 1.807) is 32.0 Å². The minimum atomic E-state index is -0.836. The van der Waals surface area contributed by atoms with Crippen molar-refractivity contribution in [3.8, 4) is 11.3 Å². The summed E-state index contributed by atoms with van der Waals surface area (Å²) in [5.74, 6) is -1.12. The molecule has 0 fully saturated rings. The van der Waals surface area contributed by atoms with Crippen LogP contribution < -0.4 is 10.7 Å². The Bertz CT molecular complexity index is 1520. The number of hydrogen-bond acceptors (Lipinski definition) is 7. The van der Waals surface area contributed by atoms with Crippen LogP contribution in [0.4, 0.5) is 11.4 Å². The summed E-state index contributed by atoms with van der Waals surface area (Å²) in [7, 11) is 0. The number of anilines is 1. The third-order valence-electron chi connectivity index (χ3n) is 5.43. The molecule has 1 N–H and O–H groups in total. The van der Waals surface area contributed by atoms with Crippen molar-refractivity contribution in [1.82, 2.24) is 0 Å². The molecule has 0 bridgehead atoms. The molecule has 3 aromatic carbocycles. The Morgan fingerprint density at radius 1 is 1.03 bits per heavy atom. The fraction of sp³-hybridized carbons (Fsp3) is 0.115. The topological polar surface area (TPSA) is 129 Å². The van der Waals surface area contributed by atoms with Gasteiger partial charge in [0.2, 0.25) is 0 Å². The van der Waals surface area contributed by atoms with Crippen LogP contribution in [-0.4, -0.2) is 23.4 Å². The van der Waals surface area contributed by atoms with Gasteiger partial charge in [0.05, 0.1) is 10.3 Å². The van der Waals surface area contributed by atoms with E-state index in [1.807, 2.05) is 18.2 Å². The lowest BCUT2D eigenvalue weighted by Gasteiger charge is -2.11. The molecule has 1 aromatic heterocycles. The smallest absolute Gasteiger partial charge is 0.342 e. The predicted octanol–water partition coefficient (Wildman–Crippen LogP) is 4.78. The van der Waals surface area contributed by atoms with Gasteiger partial charge in [0.1, 0.15) is 11.3 Å². The minimum Gasteiger partial charge on any atom is -0.455 e. The average molecular weight is 472 g/mol. The number of amides is 1. The molecular formula is C26H20N2O7. The molecule has 4 rings (SSSR count). The van der Waals surface area contributed by atoms with Crippen LogP contribution in [-0.2, 0) is 9.53 Å². The molecule has 9 heteroatoms. The van der Waals surface area contributed by atoms with Crippen molar-refractivity contribution in [3.63, 3.8) is 0 Å². The van der Waals surface area contributed by atoms with Crippen LogP contribution in [0.5, 0.6) is 0 Å². The predicted molar refractivity (Wildman–Crippen MR) is 129 cm³/mol. The quantitative estimate of drug-likeness (QED) is 0.243. The fourth-order valence-electron chi connectivity index (χ4n) is 3.63. The summed E-state index contributed by atoms with van der Waals surface area (Å²) in [5.41, 5.74) is 1.64. The first kappa shape index (κ1) is 23.4. The van der Waals surface area contributed by atoms with Crippen molar-refractivity contribution in [1.29, 1.82) is 0 Å². The third-order valence-corrected chi connectivity index (χ3v) is 5.43. The molecule has 0 aliphatic heterocycles. The largest absolute Gasteiger partial charge is 0.455 e. The highest BCUT2D eigenvalue weighted by atomic mass is 16.6. The number of benzene rings is 3. The first-order chi connectivity index (χ1) is 16.8. The molecule has 0 saturated carbocycles. The number of esters is 1. The number of nitro benzene ring substituents is 1. The van der Waals surface area contributed by atoms with Gasteiger partial charge in [0.15, 0.2) is 17.6 Å². The van der Waals surface area contributed by atoms with Gasteiger partial charge in [-0.2, -0.15) is 0 Å². The third kappa shape index (κ3) is 4.79. The molecule has 35 heavy (non-hydrogen) atoms. The van der Waals surface area contributed by atoms with Crippen LogP contribution in [0.3, 0.4) is 0 Å². The van der Waals surface area contributed by atoms with Gasteiger partial charge in [-0.3, -0.25) is 19.7 Å². The normalized spacial score (nSPS) is 10.7. The maximum absolute atomic E-state index is 12.9. The number of nitrogens with one attached hydrogen (secondary N) is 1. The van der Waals surface area contributed by atoms with Crippen LogP contribution in [0.2, 0.25) is 0 Å². The summed E-state index contributed by atoms with van der Waals surface area (Å²) in [5, 5.41) is 13.6. The SMILES string of the molecule is Cc1cc([N+](=O)[O-])ccc1NC(=O)COC(=O)c1cccc2c(=O)c(C)c(-c3ccccc3)oc12. The van der Waals surface area contributed by atoms with Crippen LogP contribution in [0.25, 0.3) is 22.3 Å². The molecule has 176 valence electrons. The highest BCUT2D eigenvalue weighted by molar-refractivity contribution is 6.03. The maximum atomic E-state index is 12.9.